The molecular formula is C26H23N3. The minimum atomic E-state index is 0.516. The Balaban J connectivity index is 1.47. The Labute approximate surface area is 170 Å². The summed E-state index contributed by atoms with van der Waals surface area (Å²) in [5, 5.41) is 5.23. The largest absolute Gasteiger partial charge is 0.369 e. The monoisotopic (exact) mass is 377 g/mol. The summed E-state index contributed by atoms with van der Waals surface area (Å²) in [6, 6.07) is 21.9. The van der Waals surface area contributed by atoms with Crippen molar-refractivity contribution in [3.8, 4) is 0 Å². The number of nitrogens with two attached hydrogens (primary N) is 1. The summed E-state index contributed by atoms with van der Waals surface area (Å²) in [6.45, 7) is 0. The number of guanidine groups is 1. The first-order valence-corrected chi connectivity index (χ1v) is 10.4. The van der Waals surface area contributed by atoms with Crippen LogP contribution < -0.4 is 10.6 Å². The first-order chi connectivity index (χ1) is 14.2. The fourth-order valence-electron chi connectivity index (χ4n) is 5.17. The lowest BCUT2D eigenvalue weighted by Gasteiger charge is -2.21. The molecule has 0 heterocycles. The highest BCUT2D eigenvalue weighted by molar-refractivity contribution is 6.08. The number of hydrogen-bond acceptors (Lipinski definition) is 1. The molecule has 4 aromatic carbocycles. The molecule has 0 saturated heterocycles. The maximum atomic E-state index is 6.52. The SMILES string of the molecule is CN(C(N)=Nc1ccc2c3c(cccc13)CC2)c1ccc2c3c(cccc13)CC2. The molecule has 142 valence electrons. The zero-order valence-corrected chi connectivity index (χ0v) is 16.6. The van der Waals surface area contributed by atoms with Gasteiger partial charge in [-0.05, 0) is 70.8 Å². The number of anilines is 1. The van der Waals surface area contributed by atoms with E-state index in [0.717, 1.165) is 37.1 Å². The van der Waals surface area contributed by atoms with Crippen molar-refractivity contribution in [1.82, 2.24) is 0 Å². The van der Waals surface area contributed by atoms with Gasteiger partial charge in [-0.1, -0.05) is 48.5 Å². The highest BCUT2D eigenvalue weighted by atomic mass is 15.2. The molecule has 2 aliphatic rings. The molecule has 3 nitrogen and oxygen atoms in total. The van der Waals surface area contributed by atoms with Crippen LogP contribution in [-0.2, 0) is 25.7 Å². The van der Waals surface area contributed by atoms with Crippen molar-refractivity contribution in [2.24, 2.45) is 10.7 Å². The van der Waals surface area contributed by atoms with Crippen LogP contribution in [0.4, 0.5) is 11.4 Å². The number of aryl methyl sites for hydroxylation is 4. The molecule has 2 aliphatic carbocycles. The maximum Gasteiger partial charge on any atom is 0.200 e. The van der Waals surface area contributed by atoms with Crippen molar-refractivity contribution in [3.63, 3.8) is 0 Å². The standard InChI is InChI=1S/C26H23N3/c1-29(23-15-13-19-11-9-17-5-3-7-21(23)25(17)19)26(27)28-22-14-12-18-10-8-16-4-2-6-20(22)24(16)18/h2-7,12-15H,8-11H2,1H3,(H2,27,28). The zero-order valence-electron chi connectivity index (χ0n) is 16.6. The molecule has 0 aromatic heterocycles. The predicted molar refractivity (Wildman–Crippen MR) is 122 cm³/mol. The van der Waals surface area contributed by atoms with Crippen LogP contribution in [0, 0.1) is 0 Å². The van der Waals surface area contributed by atoms with Gasteiger partial charge in [0.15, 0.2) is 0 Å². The number of rotatable bonds is 2. The van der Waals surface area contributed by atoms with E-state index in [1.807, 2.05) is 11.9 Å². The molecule has 2 N–H and O–H groups in total. The predicted octanol–water partition coefficient (Wildman–Crippen LogP) is 5.27. The third-order valence-corrected chi connectivity index (χ3v) is 6.65. The fourth-order valence-corrected chi connectivity index (χ4v) is 5.17. The number of hydrogen-bond donors (Lipinski definition) is 1. The molecular weight excluding hydrogens is 354 g/mol. The number of benzene rings is 4. The van der Waals surface area contributed by atoms with E-state index in [4.69, 9.17) is 10.7 Å². The van der Waals surface area contributed by atoms with Gasteiger partial charge in [0.1, 0.15) is 0 Å². The lowest BCUT2D eigenvalue weighted by atomic mass is 10.0. The molecule has 0 bridgehead atoms. The van der Waals surface area contributed by atoms with Crippen molar-refractivity contribution in [2.45, 2.75) is 25.7 Å². The smallest absolute Gasteiger partial charge is 0.200 e. The second-order valence-electron chi connectivity index (χ2n) is 8.20. The van der Waals surface area contributed by atoms with Gasteiger partial charge in [0.05, 0.1) is 11.4 Å². The van der Waals surface area contributed by atoms with E-state index in [-0.39, 0.29) is 0 Å². The molecule has 0 saturated carbocycles. The van der Waals surface area contributed by atoms with Crippen LogP contribution in [0.5, 0.6) is 0 Å². The van der Waals surface area contributed by atoms with E-state index in [9.17, 15) is 0 Å². The van der Waals surface area contributed by atoms with Crippen molar-refractivity contribution in [1.29, 1.82) is 0 Å². The first-order valence-electron chi connectivity index (χ1n) is 10.4. The Bertz CT molecular complexity index is 1310. The summed E-state index contributed by atoms with van der Waals surface area (Å²) in [5.41, 5.74) is 14.3. The molecule has 0 aliphatic heterocycles. The minimum absolute atomic E-state index is 0.516. The first kappa shape index (κ1) is 16.6. The van der Waals surface area contributed by atoms with Gasteiger partial charge < -0.3 is 10.6 Å². The average Bonchev–Trinajstić information content (AvgIpc) is 3.37. The molecule has 4 aromatic rings. The molecule has 0 spiro atoms. The van der Waals surface area contributed by atoms with Gasteiger partial charge in [0.25, 0.3) is 0 Å². The molecule has 6 rings (SSSR count). The van der Waals surface area contributed by atoms with Crippen LogP contribution in [0.15, 0.2) is 65.7 Å². The van der Waals surface area contributed by atoms with E-state index >= 15 is 0 Å². The molecule has 0 amide bonds. The minimum Gasteiger partial charge on any atom is -0.369 e. The van der Waals surface area contributed by atoms with Gasteiger partial charge in [0.2, 0.25) is 5.96 Å². The van der Waals surface area contributed by atoms with E-state index in [1.54, 1.807) is 0 Å². The van der Waals surface area contributed by atoms with Crippen LogP contribution in [0.3, 0.4) is 0 Å². The molecule has 0 fully saturated rings. The Hall–Kier alpha value is -3.33. The van der Waals surface area contributed by atoms with E-state index in [1.165, 1.54) is 43.8 Å². The van der Waals surface area contributed by atoms with Crippen LogP contribution in [-0.4, -0.2) is 13.0 Å². The summed E-state index contributed by atoms with van der Waals surface area (Å²) in [4.78, 5) is 6.88. The van der Waals surface area contributed by atoms with Crippen molar-refractivity contribution in [2.75, 3.05) is 11.9 Å². The van der Waals surface area contributed by atoms with Gasteiger partial charge in [-0.2, -0.15) is 0 Å². The van der Waals surface area contributed by atoms with Gasteiger partial charge in [0, 0.05) is 17.8 Å². The molecule has 3 heteroatoms. The lowest BCUT2D eigenvalue weighted by Crippen LogP contribution is -2.33. The normalized spacial score (nSPS) is 14.9. The summed E-state index contributed by atoms with van der Waals surface area (Å²) in [5.74, 6) is 0.516. The fraction of sp³-hybridized carbons (Fsp3) is 0.192. The van der Waals surface area contributed by atoms with E-state index in [0.29, 0.717) is 5.96 Å². The third kappa shape index (κ3) is 2.40. The second kappa shape index (κ2) is 6.08. The quantitative estimate of drug-likeness (QED) is 0.382. The summed E-state index contributed by atoms with van der Waals surface area (Å²) < 4.78 is 0. The Morgan fingerprint density at radius 1 is 0.724 bits per heavy atom. The Kier molecular flexibility index (Phi) is 3.48. The Morgan fingerprint density at radius 2 is 1.28 bits per heavy atom. The van der Waals surface area contributed by atoms with Crippen LogP contribution in [0.2, 0.25) is 0 Å². The van der Waals surface area contributed by atoms with Crippen LogP contribution in [0.1, 0.15) is 22.3 Å². The number of aliphatic imine (C=N–C) groups is 1. The molecule has 29 heavy (non-hydrogen) atoms. The van der Waals surface area contributed by atoms with Crippen molar-refractivity contribution >= 4 is 38.9 Å². The van der Waals surface area contributed by atoms with Crippen molar-refractivity contribution < 1.29 is 0 Å². The third-order valence-electron chi connectivity index (χ3n) is 6.65. The summed E-state index contributed by atoms with van der Waals surface area (Å²) in [6.07, 6.45) is 4.50. The van der Waals surface area contributed by atoms with Gasteiger partial charge in [-0.25, -0.2) is 4.99 Å². The molecule has 0 unspecified atom stereocenters. The van der Waals surface area contributed by atoms with E-state index < -0.39 is 0 Å². The summed E-state index contributed by atoms with van der Waals surface area (Å²) >= 11 is 0. The zero-order chi connectivity index (χ0) is 19.5. The maximum absolute atomic E-state index is 6.52. The summed E-state index contributed by atoms with van der Waals surface area (Å²) in [7, 11) is 2.01. The van der Waals surface area contributed by atoms with Crippen LogP contribution in [0.25, 0.3) is 21.5 Å². The van der Waals surface area contributed by atoms with Gasteiger partial charge in [-0.15, -0.1) is 0 Å². The lowest BCUT2D eigenvalue weighted by molar-refractivity contribution is 1.02. The van der Waals surface area contributed by atoms with Gasteiger partial charge >= 0.3 is 0 Å². The molecule has 0 radical (unpaired) electrons. The number of nitrogens with zero attached hydrogens (tertiary/aromatic N) is 2. The topological polar surface area (TPSA) is 41.6 Å². The molecule has 0 atom stereocenters. The average molecular weight is 377 g/mol. The highest BCUT2D eigenvalue weighted by Gasteiger charge is 2.19. The van der Waals surface area contributed by atoms with Crippen LogP contribution >= 0.6 is 0 Å². The van der Waals surface area contributed by atoms with Gasteiger partial charge in [-0.3, -0.25) is 0 Å². The highest BCUT2D eigenvalue weighted by Crippen LogP contribution is 2.38. The Morgan fingerprint density at radius 3 is 1.97 bits per heavy atom. The second-order valence-corrected chi connectivity index (χ2v) is 8.20. The van der Waals surface area contributed by atoms with E-state index in [2.05, 4.69) is 60.7 Å². The van der Waals surface area contributed by atoms with Crippen molar-refractivity contribution in [3.05, 3.63) is 82.9 Å².